The van der Waals surface area contributed by atoms with Gasteiger partial charge in [-0.3, -0.25) is 0 Å². The summed E-state index contributed by atoms with van der Waals surface area (Å²) in [5.74, 6) is 0. The Kier molecular flexibility index (Phi) is 5.35. The monoisotopic (exact) mass is 243 g/mol. The Morgan fingerprint density at radius 3 is 2.53 bits per heavy atom. The van der Waals surface area contributed by atoms with Crippen LogP contribution in [0.1, 0.15) is 0 Å². The summed E-state index contributed by atoms with van der Waals surface area (Å²) in [5, 5.41) is 2.53. The maximum absolute atomic E-state index is 12.2. The summed E-state index contributed by atoms with van der Waals surface area (Å²) in [6.07, 6.45) is -2.57. The molecule has 0 aromatic heterocycles. The maximum atomic E-state index is 12.2. The number of amides is 2. The molecule has 0 bridgehead atoms. The van der Waals surface area contributed by atoms with Crippen molar-refractivity contribution >= 4 is 11.7 Å². The van der Waals surface area contributed by atoms with Crippen LogP contribution in [0, 0.1) is 0 Å². The number of halogens is 2. The van der Waals surface area contributed by atoms with Gasteiger partial charge in [-0.05, 0) is 12.1 Å². The molecular weight excluding hydrogens is 228 g/mol. The van der Waals surface area contributed by atoms with E-state index in [1.807, 2.05) is 0 Å². The fourth-order valence-electron chi connectivity index (χ4n) is 1.32. The number of rotatable bonds is 5. The van der Waals surface area contributed by atoms with Crippen molar-refractivity contribution in [3.05, 3.63) is 30.3 Å². The normalized spacial score (nSPS) is 10.4. The number of anilines is 1. The number of urea groups is 1. The number of nitrogens with zero attached hydrogens (tertiary/aromatic N) is 1. The molecule has 1 aromatic carbocycles. The lowest BCUT2D eigenvalue weighted by atomic mass is 10.3. The lowest BCUT2D eigenvalue weighted by molar-refractivity contribution is 0.103. The first kappa shape index (κ1) is 13.4. The van der Waals surface area contributed by atoms with Gasteiger partial charge < -0.3 is 16.0 Å². The first-order valence-electron chi connectivity index (χ1n) is 5.22. The fraction of sp³-hybridized carbons (Fsp3) is 0.364. The molecule has 2 amide bonds. The van der Waals surface area contributed by atoms with E-state index in [1.165, 1.54) is 0 Å². The Hall–Kier alpha value is -1.69. The second-order valence-corrected chi connectivity index (χ2v) is 3.42. The van der Waals surface area contributed by atoms with Crippen molar-refractivity contribution in [2.24, 2.45) is 5.73 Å². The molecule has 0 spiro atoms. The van der Waals surface area contributed by atoms with Crippen molar-refractivity contribution in [2.75, 3.05) is 25.0 Å². The molecule has 1 aromatic rings. The van der Waals surface area contributed by atoms with Crippen LogP contribution < -0.4 is 11.1 Å². The van der Waals surface area contributed by atoms with Gasteiger partial charge in [0.25, 0.3) is 6.43 Å². The molecule has 1 rings (SSSR count). The second-order valence-electron chi connectivity index (χ2n) is 3.42. The molecule has 4 nitrogen and oxygen atoms in total. The average Bonchev–Trinajstić information content (AvgIpc) is 2.29. The highest BCUT2D eigenvalue weighted by atomic mass is 19.3. The maximum Gasteiger partial charge on any atom is 0.322 e. The van der Waals surface area contributed by atoms with E-state index in [2.05, 4.69) is 5.32 Å². The number of benzene rings is 1. The Labute approximate surface area is 98.4 Å². The van der Waals surface area contributed by atoms with Crippen molar-refractivity contribution in [1.29, 1.82) is 0 Å². The molecule has 0 aliphatic carbocycles. The molecule has 0 heterocycles. The number of carbonyl (C=O) groups is 1. The van der Waals surface area contributed by atoms with Crippen LogP contribution in [0.5, 0.6) is 0 Å². The van der Waals surface area contributed by atoms with E-state index in [4.69, 9.17) is 5.73 Å². The summed E-state index contributed by atoms with van der Waals surface area (Å²) in [5.41, 5.74) is 5.83. The summed E-state index contributed by atoms with van der Waals surface area (Å²) < 4.78 is 24.5. The van der Waals surface area contributed by atoms with E-state index in [0.717, 1.165) is 4.90 Å². The number of hydrogen-bond acceptors (Lipinski definition) is 2. The predicted molar refractivity (Wildman–Crippen MR) is 62.1 cm³/mol. The third-order valence-electron chi connectivity index (χ3n) is 2.07. The van der Waals surface area contributed by atoms with Crippen LogP contribution in [0.2, 0.25) is 0 Å². The highest BCUT2D eigenvalue weighted by molar-refractivity contribution is 5.89. The van der Waals surface area contributed by atoms with Crippen LogP contribution in [0.4, 0.5) is 19.3 Å². The lowest BCUT2D eigenvalue weighted by Gasteiger charge is -2.21. The Morgan fingerprint density at radius 1 is 1.35 bits per heavy atom. The topological polar surface area (TPSA) is 58.4 Å². The van der Waals surface area contributed by atoms with Gasteiger partial charge in [-0.25, -0.2) is 13.6 Å². The number of alkyl halides is 2. The second kappa shape index (κ2) is 6.80. The minimum atomic E-state index is -2.57. The fourth-order valence-corrected chi connectivity index (χ4v) is 1.32. The van der Waals surface area contributed by atoms with Crippen LogP contribution >= 0.6 is 0 Å². The summed E-state index contributed by atoms with van der Waals surface area (Å²) in [7, 11) is 0. The number of para-hydroxylation sites is 1. The van der Waals surface area contributed by atoms with Gasteiger partial charge in [0.05, 0.1) is 6.54 Å². The number of carbonyl (C=O) groups excluding carboxylic acids is 1. The molecule has 0 saturated heterocycles. The minimum Gasteiger partial charge on any atom is -0.329 e. The summed E-state index contributed by atoms with van der Waals surface area (Å²) in [6, 6.07) is 8.09. The van der Waals surface area contributed by atoms with Gasteiger partial charge in [-0.2, -0.15) is 0 Å². The van der Waals surface area contributed by atoms with Crippen LogP contribution in [-0.2, 0) is 0 Å². The molecule has 0 aliphatic heterocycles. The van der Waals surface area contributed by atoms with E-state index in [1.54, 1.807) is 30.3 Å². The van der Waals surface area contributed by atoms with Gasteiger partial charge in [0.15, 0.2) is 0 Å². The molecule has 0 unspecified atom stereocenters. The molecule has 0 fully saturated rings. The predicted octanol–water partition coefficient (Wildman–Crippen LogP) is 1.74. The highest BCUT2D eigenvalue weighted by Gasteiger charge is 2.17. The first-order valence-corrected chi connectivity index (χ1v) is 5.22. The van der Waals surface area contributed by atoms with Crippen molar-refractivity contribution < 1.29 is 13.6 Å². The van der Waals surface area contributed by atoms with E-state index in [0.29, 0.717) is 5.69 Å². The highest BCUT2D eigenvalue weighted by Crippen LogP contribution is 2.07. The van der Waals surface area contributed by atoms with Gasteiger partial charge in [0, 0.05) is 18.8 Å². The van der Waals surface area contributed by atoms with Crippen molar-refractivity contribution in [3.63, 3.8) is 0 Å². The van der Waals surface area contributed by atoms with Crippen molar-refractivity contribution in [2.45, 2.75) is 6.43 Å². The van der Waals surface area contributed by atoms with Crippen LogP contribution in [-0.4, -0.2) is 37.0 Å². The van der Waals surface area contributed by atoms with E-state index in [9.17, 15) is 13.6 Å². The Bertz CT molecular complexity index is 346. The van der Waals surface area contributed by atoms with Gasteiger partial charge in [0.1, 0.15) is 0 Å². The van der Waals surface area contributed by atoms with Gasteiger partial charge in [0.2, 0.25) is 0 Å². The van der Waals surface area contributed by atoms with Crippen molar-refractivity contribution in [3.8, 4) is 0 Å². The molecule has 0 aliphatic rings. The SMILES string of the molecule is NCCN(CC(F)F)C(=O)Nc1ccccc1. The Balaban J connectivity index is 2.59. The van der Waals surface area contributed by atoms with Gasteiger partial charge in [-0.15, -0.1) is 0 Å². The smallest absolute Gasteiger partial charge is 0.322 e. The molecule has 0 atom stereocenters. The first-order chi connectivity index (χ1) is 8.13. The third kappa shape index (κ3) is 4.78. The van der Waals surface area contributed by atoms with Crippen molar-refractivity contribution in [1.82, 2.24) is 4.90 Å². The van der Waals surface area contributed by atoms with E-state index >= 15 is 0 Å². The third-order valence-corrected chi connectivity index (χ3v) is 2.07. The summed E-state index contributed by atoms with van der Waals surface area (Å²) in [4.78, 5) is 12.7. The van der Waals surface area contributed by atoms with Crippen LogP contribution in [0.15, 0.2) is 30.3 Å². The molecule has 94 valence electrons. The number of hydrogen-bond donors (Lipinski definition) is 2. The zero-order valence-corrected chi connectivity index (χ0v) is 9.27. The quantitative estimate of drug-likeness (QED) is 0.827. The molecular formula is C11H15F2N3O. The summed E-state index contributed by atoms with van der Waals surface area (Å²) >= 11 is 0. The van der Waals surface area contributed by atoms with Crippen LogP contribution in [0.25, 0.3) is 0 Å². The average molecular weight is 243 g/mol. The number of nitrogens with one attached hydrogen (secondary N) is 1. The van der Waals surface area contributed by atoms with E-state index in [-0.39, 0.29) is 13.1 Å². The summed E-state index contributed by atoms with van der Waals surface area (Å²) in [6.45, 7) is -0.367. The van der Waals surface area contributed by atoms with E-state index < -0.39 is 19.0 Å². The number of nitrogens with two attached hydrogens (primary N) is 1. The molecule has 6 heteroatoms. The molecule has 3 N–H and O–H groups in total. The molecule has 17 heavy (non-hydrogen) atoms. The minimum absolute atomic E-state index is 0.100. The molecule has 0 saturated carbocycles. The largest absolute Gasteiger partial charge is 0.329 e. The van der Waals surface area contributed by atoms with Gasteiger partial charge >= 0.3 is 6.03 Å². The zero-order valence-electron chi connectivity index (χ0n) is 9.27. The molecule has 0 radical (unpaired) electrons. The van der Waals surface area contributed by atoms with Crippen LogP contribution in [0.3, 0.4) is 0 Å². The standard InChI is InChI=1S/C11H15F2N3O/c12-10(13)8-16(7-6-14)11(17)15-9-4-2-1-3-5-9/h1-5,10H,6-8,14H2,(H,15,17). The zero-order chi connectivity index (χ0) is 12.7. The Morgan fingerprint density at radius 2 is 2.00 bits per heavy atom. The van der Waals surface area contributed by atoms with Gasteiger partial charge in [-0.1, -0.05) is 18.2 Å². The lowest BCUT2D eigenvalue weighted by Crippen LogP contribution is -2.41.